The quantitative estimate of drug-likeness (QED) is 0.895. The Balaban J connectivity index is 2.60. The lowest BCUT2D eigenvalue weighted by molar-refractivity contribution is 0.598. The predicted octanol–water partition coefficient (Wildman–Crippen LogP) is 2.52. The summed E-state index contributed by atoms with van der Waals surface area (Å²) in [4.78, 5) is 4.19. The Morgan fingerprint density at radius 3 is 2.04 bits per heavy atom. The summed E-state index contributed by atoms with van der Waals surface area (Å²) in [5, 5.41) is 0. The number of aromatic nitrogens is 1. The number of hydrogen-bond acceptors (Lipinski definition) is 5. The standard InChI is InChI=1S/C16H20N2O4S2/c1-10-8-15(23(5,19)20)12(3)16(9-10)24(21,22)18-14-7-6-11(2)17-13(14)4/h6-9,18H,1-5H3. The van der Waals surface area contributed by atoms with E-state index in [1.54, 1.807) is 26.0 Å². The van der Waals surface area contributed by atoms with Gasteiger partial charge >= 0.3 is 0 Å². The minimum absolute atomic E-state index is 0.0154. The van der Waals surface area contributed by atoms with Crippen LogP contribution in [0.1, 0.15) is 22.5 Å². The summed E-state index contributed by atoms with van der Waals surface area (Å²) in [6.45, 7) is 6.67. The maximum absolute atomic E-state index is 12.8. The van der Waals surface area contributed by atoms with Gasteiger partial charge < -0.3 is 0 Å². The third-order valence-corrected chi connectivity index (χ3v) is 6.33. The number of pyridine rings is 1. The summed E-state index contributed by atoms with van der Waals surface area (Å²) in [5.74, 6) is 0. The fraction of sp³-hybridized carbons (Fsp3) is 0.312. The molecule has 0 radical (unpaired) electrons. The third kappa shape index (κ3) is 3.76. The molecule has 0 amide bonds. The van der Waals surface area contributed by atoms with Gasteiger partial charge in [0.25, 0.3) is 10.0 Å². The second-order valence-corrected chi connectivity index (χ2v) is 9.48. The van der Waals surface area contributed by atoms with Crippen molar-refractivity contribution in [3.05, 3.63) is 46.8 Å². The minimum atomic E-state index is -3.94. The zero-order valence-corrected chi connectivity index (χ0v) is 15.8. The van der Waals surface area contributed by atoms with Crippen LogP contribution in [-0.4, -0.2) is 28.1 Å². The van der Waals surface area contributed by atoms with Crippen molar-refractivity contribution in [2.24, 2.45) is 0 Å². The van der Waals surface area contributed by atoms with Crippen molar-refractivity contribution in [2.75, 3.05) is 11.0 Å². The van der Waals surface area contributed by atoms with Gasteiger partial charge in [-0.15, -0.1) is 0 Å². The lowest BCUT2D eigenvalue weighted by Gasteiger charge is -2.15. The van der Waals surface area contributed by atoms with Gasteiger partial charge in [0.2, 0.25) is 0 Å². The fourth-order valence-electron chi connectivity index (χ4n) is 2.45. The molecule has 0 atom stereocenters. The number of aryl methyl sites for hydroxylation is 3. The molecule has 0 fully saturated rings. The van der Waals surface area contributed by atoms with Crippen molar-refractivity contribution in [3.8, 4) is 0 Å². The molecule has 1 N–H and O–H groups in total. The fourth-order valence-corrected chi connectivity index (χ4v) is 5.05. The summed E-state index contributed by atoms with van der Waals surface area (Å²) in [7, 11) is -7.47. The summed E-state index contributed by atoms with van der Waals surface area (Å²) in [6.07, 6.45) is 1.06. The summed E-state index contributed by atoms with van der Waals surface area (Å²) in [6, 6.07) is 6.28. The molecule has 24 heavy (non-hydrogen) atoms. The molecule has 1 aromatic carbocycles. The number of sulfone groups is 1. The molecule has 0 aliphatic rings. The van der Waals surface area contributed by atoms with Gasteiger partial charge in [-0.1, -0.05) is 0 Å². The van der Waals surface area contributed by atoms with Gasteiger partial charge in [0.15, 0.2) is 9.84 Å². The van der Waals surface area contributed by atoms with E-state index < -0.39 is 19.9 Å². The molecule has 2 aromatic rings. The molecule has 6 nitrogen and oxygen atoms in total. The molecule has 1 heterocycles. The molecule has 1 aromatic heterocycles. The molecule has 130 valence electrons. The van der Waals surface area contributed by atoms with Crippen LogP contribution in [0, 0.1) is 27.7 Å². The SMILES string of the molecule is Cc1cc(S(C)(=O)=O)c(C)c(S(=O)(=O)Nc2ccc(C)nc2C)c1. The highest BCUT2D eigenvalue weighted by Crippen LogP contribution is 2.27. The zero-order chi connectivity index (χ0) is 18.3. The van der Waals surface area contributed by atoms with E-state index in [0.29, 0.717) is 16.9 Å². The van der Waals surface area contributed by atoms with Crippen molar-refractivity contribution < 1.29 is 16.8 Å². The van der Waals surface area contributed by atoms with Crippen molar-refractivity contribution in [2.45, 2.75) is 37.5 Å². The van der Waals surface area contributed by atoms with Crippen LogP contribution in [0.4, 0.5) is 5.69 Å². The van der Waals surface area contributed by atoms with Gasteiger partial charge in [0.1, 0.15) is 0 Å². The topological polar surface area (TPSA) is 93.2 Å². The van der Waals surface area contributed by atoms with E-state index in [0.717, 1.165) is 11.9 Å². The normalized spacial score (nSPS) is 12.2. The number of benzene rings is 1. The van der Waals surface area contributed by atoms with Crippen LogP contribution in [-0.2, 0) is 19.9 Å². The number of sulfonamides is 1. The van der Waals surface area contributed by atoms with Gasteiger partial charge in [-0.05, 0) is 63.1 Å². The largest absolute Gasteiger partial charge is 0.278 e. The average Bonchev–Trinajstić information content (AvgIpc) is 2.42. The first kappa shape index (κ1) is 18.4. The second kappa shape index (κ2) is 6.18. The molecule has 0 aliphatic heterocycles. The summed E-state index contributed by atoms with van der Waals surface area (Å²) < 4.78 is 51.8. The molecular formula is C16H20N2O4S2. The zero-order valence-electron chi connectivity index (χ0n) is 14.2. The van der Waals surface area contributed by atoms with E-state index in [1.807, 2.05) is 6.92 Å². The van der Waals surface area contributed by atoms with E-state index in [4.69, 9.17) is 0 Å². The van der Waals surface area contributed by atoms with Crippen molar-refractivity contribution in [1.82, 2.24) is 4.98 Å². The Kier molecular flexibility index (Phi) is 4.74. The highest BCUT2D eigenvalue weighted by molar-refractivity contribution is 7.93. The first-order valence-corrected chi connectivity index (χ1v) is 10.6. The van der Waals surface area contributed by atoms with Crippen molar-refractivity contribution >= 4 is 25.5 Å². The van der Waals surface area contributed by atoms with Crippen LogP contribution in [0.15, 0.2) is 34.1 Å². The Bertz CT molecular complexity index is 1010. The van der Waals surface area contributed by atoms with Crippen LogP contribution >= 0.6 is 0 Å². The van der Waals surface area contributed by atoms with Crippen LogP contribution in [0.5, 0.6) is 0 Å². The van der Waals surface area contributed by atoms with Gasteiger partial charge in [-0.25, -0.2) is 16.8 Å². The first-order valence-electron chi connectivity index (χ1n) is 7.20. The molecule has 0 saturated carbocycles. The number of rotatable bonds is 4. The molecule has 2 rings (SSSR count). The lowest BCUT2D eigenvalue weighted by atomic mass is 10.2. The van der Waals surface area contributed by atoms with E-state index in [-0.39, 0.29) is 15.4 Å². The maximum atomic E-state index is 12.8. The second-order valence-electron chi connectivity index (χ2n) is 5.85. The average molecular weight is 368 g/mol. The van der Waals surface area contributed by atoms with Crippen LogP contribution < -0.4 is 4.72 Å². The molecule has 0 unspecified atom stereocenters. The molecule has 0 aliphatic carbocycles. The van der Waals surface area contributed by atoms with Gasteiger partial charge in [0.05, 0.1) is 21.2 Å². The Morgan fingerprint density at radius 2 is 1.50 bits per heavy atom. The predicted molar refractivity (Wildman–Crippen MR) is 93.5 cm³/mol. The highest BCUT2D eigenvalue weighted by Gasteiger charge is 2.23. The van der Waals surface area contributed by atoms with Crippen LogP contribution in [0.2, 0.25) is 0 Å². The lowest BCUT2D eigenvalue weighted by Crippen LogP contribution is -2.17. The van der Waals surface area contributed by atoms with Crippen LogP contribution in [0.3, 0.4) is 0 Å². The summed E-state index contributed by atoms with van der Waals surface area (Å²) in [5.41, 5.74) is 2.45. The molecule has 0 spiro atoms. The molecule has 8 heteroatoms. The molecule has 0 bridgehead atoms. The van der Waals surface area contributed by atoms with Crippen molar-refractivity contribution in [1.29, 1.82) is 0 Å². The number of nitrogens with zero attached hydrogens (tertiary/aromatic N) is 1. The minimum Gasteiger partial charge on any atom is -0.278 e. The van der Waals surface area contributed by atoms with E-state index in [2.05, 4.69) is 9.71 Å². The number of hydrogen-bond donors (Lipinski definition) is 1. The Labute approximate surface area is 142 Å². The third-order valence-electron chi connectivity index (χ3n) is 3.62. The summed E-state index contributed by atoms with van der Waals surface area (Å²) >= 11 is 0. The van der Waals surface area contributed by atoms with E-state index in [9.17, 15) is 16.8 Å². The number of anilines is 1. The maximum Gasteiger partial charge on any atom is 0.262 e. The first-order chi connectivity index (χ1) is 10.9. The van der Waals surface area contributed by atoms with Crippen LogP contribution in [0.25, 0.3) is 0 Å². The monoisotopic (exact) mass is 368 g/mol. The highest BCUT2D eigenvalue weighted by atomic mass is 32.2. The molecule has 0 saturated heterocycles. The van der Waals surface area contributed by atoms with Gasteiger partial charge in [-0.2, -0.15) is 0 Å². The van der Waals surface area contributed by atoms with E-state index in [1.165, 1.54) is 19.1 Å². The smallest absolute Gasteiger partial charge is 0.262 e. The van der Waals surface area contributed by atoms with Crippen molar-refractivity contribution in [3.63, 3.8) is 0 Å². The Morgan fingerprint density at radius 1 is 0.917 bits per heavy atom. The van der Waals surface area contributed by atoms with E-state index >= 15 is 0 Å². The Hall–Kier alpha value is -1.93. The molecular weight excluding hydrogens is 348 g/mol. The van der Waals surface area contributed by atoms with Gasteiger partial charge in [-0.3, -0.25) is 9.71 Å². The van der Waals surface area contributed by atoms with Gasteiger partial charge in [0, 0.05) is 11.9 Å². The number of nitrogens with one attached hydrogen (secondary N) is 1.